The average Bonchev–Trinajstić information content (AvgIpc) is 4.11. The minimum atomic E-state index is 0.629. The maximum atomic E-state index is 6.41. The van der Waals surface area contributed by atoms with Gasteiger partial charge in [0.1, 0.15) is 11.2 Å². The van der Waals surface area contributed by atoms with Gasteiger partial charge in [0.15, 0.2) is 0 Å². The second kappa shape index (κ2) is 16.8. The van der Waals surface area contributed by atoms with E-state index in [1.165, 1.54) is 0 Å². The molecule has 7 nitrogen and oxygen atoms in total. The molecule has 5 aromatic heterocycles. The SMILES string of the molecule is Cc1c(-c2ccc3c(c2)oc2ncccc23)cc(-n2c3ccc(N(c4ccccc4)c4ccccc4)cc3c3cc(N(c4ccccc4)c4ccccc4)ccc32)cc1-c1ccc2c(c1)oc1ncccc12. The zero-order valence-corrected chi connectivity index (χ0v) is 39.1. The molecule has 0 radical (unpaired) electrons. The summed E-state index contributed by atoms with van der Waals surface area (Å²) < 4.78 is 15.3. The fourth-order valence-electron chi connectivity index (χ4n) is 10.7. The monoisotopic (exact) mass is 925 g/mol. The largest absolute Gasteiger partial charge is 0.438 e. The number of hydrogen-bond acceptors (Lipinski definition) is 6. The summed E-state index contributed by atoms with van der Waals surface area (Å²) in [5.74, 6) is 0. The Balaban J connectivity index is 1.04. The Kier molecular flexibility index (Phi) is 9.60. The number of aromatic nitrogens is 3. The summed E-state index contributed by atoms with van der Waals surface area (Å²) in [4.78, 5) is 13.8. The number of benzene rings is 9. The molecule has 0 fully saturated rings. The Labute approximate surface area is 414 Å². The molecular weight excluding hydrogens is 883 g/mol. The van der Waals surface area contributed by atoms with Gasteiger partial charge in [0.25, 0.3) is 0 Å². The van der Waals surface area contributed by atoms with Crippen molar-refractivity contribution in [3.63, 3.8) is 0 Å². The summed E-state index contributed by atoms with van der Waals surface area (Å²) in [5.41, 5.74) is 17.9. The highest BCUT2D eigenvalue weighted by Gasteiger charge is 2.23. The number of rotatable bonds is 9. The summed E-state index contributed by atoms with van der Waals surface area (Å²) in [5, 5.41) is 6.32. The Morgan fingerprint density at radius 2 is 0.750 bits per heavy atom. The molecule has 0 amide bonds. The van der Waals surface area contributed by atoms with Gasteiger partial charge in [-0.3, -0.25) is 0 Å². The van der Waals surface area contributed by atoms with Crippen molar-refractivity contribution in [1.29, 1.82) is 0 Å². The number of pyridine rings is 2. The van der Waals surface area contributed by atoms with Crippen molar-refractivity contribution in [3.8, 4) is 27.9 Å². The Morgan fingerprint density at radius 3 is 1.15 bits per heavy atom. The lowest BCUT2D eigenvalue weighted by Crippen LogP contribution is -2.09. The van der Waals surface area contributed by atoms with Crippen LogP contribution in [0.5, 0.6) is 0 Å². The fourth-order valence-corrected chi connectivity index (χ4v) is 10.7. The van der Waals surface area contributed by atoms with Crippen LogP contribution in [-0.2, 0) is 0 Å². The van der Waals surface area contributed by atoms with E-state index in [2.05, 4.69) is 250 Å². The van der Waals surface area contributed by atoms with Gasteiger partial charge in [0.2, 0.25) is 11.4 Å². The Morgan fingerprint density at radius 1 is 0.347 bits per heavy atom. The predicted octanol–water partition coefficient (Wildman–Crippen LogP) is 18.0. The van der Waals surface area contributed by atoms with E-state index in [1.807, 2.05) is 12.1 Å². The smallest absolute Gasteiger partial charge is 0.227 e. The molecule has 5 heterocycles. The molecule has 0 N–H and O–H groups in total. The van der Waals surface area contributed by atoms with Gasteiger partial charge < -0.3 is 23.2 Å². The van der Waals surface area contributed by atoms with Gasteiger partial charge in [-0.15, -0.1) is 0 Å². The van der Waals surface area contributed by atoms with Crippen LogP contribution in [0.2, 0.25) is 0 Å². The second-order valence-corrected chi connectivity index (χ2v) is 18.3. The topological polar surface area (TPSA) is 63.5 Å². The number of para-hydroxylation sites is 4. The standard InChI is InChI=1S/C65H43N5O2/c1-42-56(43-26-30-52-54-24-14-34-66-64(54)71-62(52)36-43)40-51(41-57(42)44-27-31-53-55-25-15-35-67-65(55)72-63(53)37-44)70-60-32-28-49(68(45-16-6-2-7-17-45)46-18-8-3-9-19-46)38-58(60)59-39-50(29-33-61(59)70)69(47-20-10-4-11-21-47)48-22-12-5-13-23-48/h2-41H,1H3. The van der Waals surface area contributed by atoms with Gasteiger partial charge in [-0.25, -0.2) is 9.97 Å². The summed E-state index contributed by atoms with van der Waals surface area (Å²) in [6, 6.07) is 82.0. The highest BCUT2D eigenvalue weighted by Crippen LogP contribution is 2.45. The first kappa shape index (κ1) is 41.3. The molecule has 0 atom stereocenters. The number of nitrogens with zero attached hydrogens (tertiary/aromatic N) is 5. The lowest BCUT2D eigenvalue weighted by molar-refractivity contribution is 0.654. The van der Waals surface area contributed by atoms with Crippen molar-refractivity contribution in [2.75, 3.05) is 9.80 Å². The predicted molar refractivity (Wildman–Crippen MR) is 296 cm³/mol. The average molecular weight is 926 g/mol. The molecule has 0 saturated heterocycles. The zero-order valence-electron chi connectivity index (χ0n) is 39.1. The first-order chi connectivity index (χ1) is 35.6. The van der Waals surface area contributed by atoms with E-state index in [-0.39, 0.29) is 0 Å². The van der Waals surface area contributed by atoms with Crippen LogP contribution in [0.25, 0.3) is 93.9 Å². The fraction of sp³-hybridized carbons (Fsp3) is 0.0154. The summed E-state index contributed by atoms with van der Waals surface area (Å²) in [7, 11) is 0. The van der Waals surface area contributed by atoms with Crippen molar-refractivity contribution in [2.45, 2.75) is 6.92 Å². The van der Waals surface area contributed by atoms with Crippen LogP contribution in [-0.4, -0.2) is 14.5 Å². The van der Waals surface area contributed by atoms with Crippen LogP contribution in [0.4, 0.5) is 34.1 Å². The van der Waals surface area contributed by atoms with Crippen LogP contribution in [0, 0.1) is 6.92 Å². The number of anilines is 6. The van der Waals surface area contributed by atoms with Crippen molar-refractivity contribution < 1.29 is 8.83 Å². The highest BCUT2D eigenvalue weighted by atomic mass is 16.3. The molecule has 0 bridgehead atoms. The Hall–Kier alpha value is -9.72. The number of furan rings is 2. The van der Waals surface area contributed by atoms with Crippen LogP contribution >= 0.6 is 0 Å². The molecule has 0 aliphatic carbocycles. The van der Waals surface area contributed by atoms with Gasteiger partial charge >= 0.3 is 0 Å². The minimum absolute atomic E-state index is 0.629. The van der Waals surface area contributed by atoms with Crippen molar-refractivity contribution >= 4 is 100 Å². The molecule has 9 aromatic carbocycles. The van der Waals surface area contributed by atoms with Crippen LogP contribution in [0.15, 0.2) is 252 Å². The maximum absolute atomic E-state index is 6.41. The summed E-state index contributed by atoms with van der Waals surface area (Å²) >= 11 is 0. The van der Waals surface area contributed by atoms with E-state index >= 15 is 0 Å². The second-order valence-electron chi connectivity index (χ2n) is 18.3. The van der Waals surface area contributed by atoms with Gasteiger partial charge in [-0.1, -0.05) is 84.9 Å². The van der Waals surface area contributed by atoms with Gasteiger partial charge in [0, 0.05) is 84.5 Å². The summed E-state index contributed by atoms with van der Waals surface area (Å²) in [6.45, 7) is 2.22. The maximum Gasteiger partial charge on any atom is 0.227 e. The summed E-state index contributed by atoms with van der Waals surface area (Å²) in [6.07, 6.45) is 3.56. The molecule has 0 aliphatic rings. The number of hydrogen-bond donors (Lipinski definition) is 0. The molecule has 0 saturated carbocycles. The molecule has 7 heteroatoms. The molecule has 340 valence electrons. The zero-order chi connectivity index (χ0) is 47.7. The van der Waals surface area contributed by atoms with Crippen molar-refractivity contribution in [2.24, 2.45) is 0 Å². The minimum Gasteiger partial charge on any atom is -0.438 e. The van der Waals surface area contributed by atoms with E-state index in [0.29, 0.717) is 11.4 Å². The van der Waals surface area contributed by atoms with E-state index < -0.39 is 0 Å². The Bertz CT molecular complexity index is 4000. The van der Waals surface area contributed by atoms with Gasteiger partial charge in [0.05, 0.1) is 11.0 Å². The third-order valence-electron chi connectivity index (χ3n) is 14.1. The first-order valence-corrected chi connectivity index (χ1v) is 24.2. The van der Waals surface area contributed by atoms with Gasteiger partial charge in [-0.05, 0) is 180 Å². The number of fused-ring (bicyclic) bond motifs is 9. The molecule has 0 aliphatic heterocycles. The molecule has 0 unspecified atom stereocenters. The van der Waals surface area contributed by atoms with E-state index in [1.54, 1.807) is 12.4 Å². The van der Waals surface area contributed by atoms with Crippen LogP contribution in [0.1, 0.15) is 5.56 Å². The lowest BCUT2D eigenvalue weighted by atomic mass is 9.91. The molecule has 0 spiro atoms. The third kappa shape index (κ3) is 6.82. The normalized spacial score (nSPS) is 11.7. The third-order valence-corrected chi connectivity index (χ3v) is 14.1. The van der Waals surface area contributed by atoms with Crippen LogP contribution in [0.3, 0.4) is 0 Å². The molecule has 14 aromatic rings. The molecular formula is C65H43N5O2. The quantitative estimate of drug-likeness (QED) is 0.144. The van der Waals surface area contributed by atoms with E-state index in [9.17, 15) is 0 Å². The lowest BCUT2D eigenvalue weighted by Gasteiger charge is -2.26. The molecule has 72 heavy (non-hydrogen) atoms. The van der Waals surface area contributed by atoms with Crippen LogP contribution < -0.4 is 9.80 Å². The highest BCUT2D eigenvalue weighted by molar-refractivity contribution is 6.13. The van der Waals surface area contributed by atoms with Crippen molar-refractivity contribution in [1.82, 2.24) is 14.5 Å². The first-order valence-electron chi connectivity index (χ1n) is 24.2. The van der Waals surface area contributed by atoms with Crippen molar-refractivity contribution in [3.05, 3.63) is 248 Å². The van der Waals surface area contributed by atoms with Gasteiger partial charge in [-0.2, -0.15) is 0 Å². The van der Waals surface area contributed by atoms with E-state index in [0.717, 1.165) is 122 Å². The van der Waals surface area contributed by atoms with E-state index in [4.69, 9.17) is 8.83 Å². The molecule has 14 rings (SSSR count).